The molecule has 1 aromatic heterocycles. The van der Waals surface area contributed by atoms with Gasteiger partial charge < -0.3 is 10.1 Å². The summed E-state index contributed by atoms with van der Waals surface area (Å²) in [6, 6.07) is 1.96. The Morgan fingerprint density at radius 3 is 2.68 bits per heavy atom. The van der Waals surface area contributed by atoms with Crippen molar-refractivity contribution in [1.29, 1.82) is 0 Å². The minimum absolute atomic E-state index is 0.386. The molecule has 1 atom stereocenters. The Morgan fingerprint density at radius 1 is 1.37 bits per heavy atom. The molecule has 0 aromatic carbocycles. The van der Waals surface area contributed by atoms with Crippen molar-refractivity contribution in [2.45, 2.75) is 53.2 Å². The van der Waals surface area contributed by atoms with Crippen LogP contribution in [-0.4, -0.2) is 23.1 Å². The number of ether oxygens (including phenoxy) is 1. The molecule has 0 aliphatic rings. The lowest BCUT2D eigenvalue weighted by Gasteiger charge is -2.26. The van der Waals surface area contributed by atoms with Crippen molar-refractivity contribution < 1.29 is 4.74 Å². The molecule has 0 amide bonds. The third kappa shape index (κ3) is 4.88. The predicted octanol–water partition coefficient (Wildman–Crippen LogP) is 2.88. The average molecular weight is 265 g/mol. The molecule has 1 aromatic rings. The summed E-state index contributed by atoms with van der Waals surface area (Å²) in [5.41, 5.74) is 0.632. The van der Waals surface area contributed by atoms with Gasteiger partial charge in [-0.15, -0.1) is 0 Å². The molecular formula is C15H27N3O. The largest absolute Gasteiger partial charge is 0.368 e. The monoisotopic (exact) mass is 265 g/mol. The van der Waals surface area contributed by atoms with Gasteiger partial charge in [-0.3, -0.25) is 0 Å². The van der Waals surface area contributed by atoms with E-state index in [9.17, 15) is 0 Å². The summed E-state index contributed by atoms with van der Waals surface area (Å²) in [4.78, 5) is 9.01. The molecule has 1 rings (SSSR count). The van der Waals surface area contributed by atoms with Crippen LogP contribution in [0.25, 0.3) is 0 Å². The first-order valence-electron chi connectivity index (χ1n) is 7.19. The maximum Gasteiger partial charge on any atom is 0.160 e. The summed E-state index contributed by atoms with van der Waals surface area (Å²) in [5, 5.41) is 3.40. The molecule has 4 nitrogen and oxygen atoms in total. The second kappa shape index (κ2) is 7.56. The van der Waals surface area contributed by atoms with Gasteiger partial charge in [0, 0.05) is 19.3 Å². The molecular weight excluding hydrogens is 238 g/mol. The number of hydrogen-bond acceptors (Lipinski definition) is 4. The first-order chi connectivity index (χ1) is 9.01. The molecule has 1 N–H and O–H groups in total. The normalized spacial score (nSPS) is 14.6. The van der Waals surface area contributed by atoms with Crippen molar-refractivity contribution in [1.82, 2.24) is 15.3 Å². The van der Waals surface area contributed by atoms with E-state index in [2.05, 4.69) is 43.0 Å². The van der Waals surface area contributed by atoms with Crippen LogP contribution in [0.5, 0.6) is 0 Å². The fourth-order valence-electron chi connectivity index (χ4n) is 1.88. The van der Waals surface area contributed by atoms with Crippen molar-refractivity contribution in [3.63, 3.8) is 0 Å². The molecule has 19 heavy (non-hydrogen) atoms. The highest BCUT2D eigenvalue weighted by Crippen LogP contribution is 2.25. The molecule has 1 heterocycles. The molecule has 0 aliphatic carbocycles. The lowest BCUT2D eigenvalue weighted by molar-refractivity contribution is -0.0392. The van der Waals surface area contributed by atoms with E-state index in [1.807, 2.05) is 19.2 Å². The fraction of sp³-hybridized carbons (Fsp3) is 0.733. The highest BCUT2D eigenvalue weighted by atomic mass is 16.5. The Labute approximate surface area is 117 Å². The van der Waals surface area contributed by atoms with Crippen molar-refractivity contribution >= 4 is 0 Å². The molecule has 0 spiro atoms. The third-order valence-corrected chi connectivity index (χ3v) is 3.18. The van der Waals surface area contributed by atoms with E-state index >= 15 is 0 Å². The van der Waals surface area contributed by atoms with Gasteiger partial charge in [0.25, 0.3) is 0 Å². The fourth-order valence-corrected chi connectivity index (χ4v) is 1.88. The Bertz CT molecular complexity index is 381. The van der Waals surface area contributed by atoms with Gasteiger partial charge in [0.05, 0.1) is 5.69 Å². The summed E-state index contributed by atoms with van der Waals surface area (Å²) in [5.74, 6) is 1.42. The SMILES string of the molecule is CCOC(C)(CC)c1nccc(CNCC(C)C)n1. The van der Waals surface area contributed by atoms with Crippen LogP contribution in [-0.2, 0) is 16.9 Å². The van der Waals surface area contributed by atoms with E-state index in [1.54, 1.807) is 0 Å². The molecule has 0 radical (unpaired) electrons. The standard InChI is InChI=1S/C15H27N3O/c1-6-15(5,19-7-2)14-17-9-8-13(18-14)11-16-10-12(3)4/h8-9,12,16H,6-7,10-11H2,1-5H3. The van der Waals surface area contributed by atoms with Gasteiger partial charge in [0.1, 0.15) is 5.60 Å². The molecule has 0 bridgehead atoms. The number of aromatic nitrogens is 2. The minimum atomic E-state index is -0.386. The first kappa shape index (κ1) is 16.1. The second-order valence-electron chi connectivity index (χ2n) is 5.41. The van der Waals surface area contributed by atoms with Crippen LogP contribution in [0.4, 0.5) is 0 Å². The topological polar surface area (TPSA) is 47.0 Å². The van der Waals surface area contributed by atoms with Gasteiger partial charge in [-0.1, -0.05) is 20.8 Å². The van der Waals surface area contributed by atoms with Crippen LogP contribution in [0, 0.1) is 5.92 Å². The summed E-state index contributed by atoms with van der Waals surface area (Å²) in [6.07, 6.45) is 2.69. The maximum atomic E-state index is 5.82. The quantitative estimate of drug-likeness (QED) is 0.785. The number of nitrogens with zero attached hydrogens (tertiary/aromatic N) is 2. The molecule has 0 saturated carbocycles. The van der Waals surface area contributed by atoms with E-state index in [1.165, 1.54) is 0 Å². The van der Waals surface area contributed by atoms with Gasteiger partial charge in [0.15, 0.2) is 5.82 Å². The smallest absolute Gasteiger partial charge is 0.160 e. The van der Waals surface area contributed by atoms with Crippen LogP contribution in [0.3, 0.4) is 0 Å². The molecule has 4 heteroatoms. The van der Waals surface area contributed by atoms with Gasteiger partial charge in [0.2, 0.25) is 0 Å². The summed E-state index contributed by atoms with van der Waals surface area (Å²) in [6.45, 7) is 13.0. The molecule has 0 saturated heterocycles. The van der Waals surface area contributed by atoms with Crippen molar-refractivity contribution in [2.75, 3.05) is 13.2 Å². The zero-order chi connectivity index (χ0) is 14.3. The maximum absolute atomic E-state index is 5.82. The van der Waals surface area contributed by atoms with Gasteiger partial charge in [-0.2, -0.15) is 0 Å². The van der Waals surface area contributed by atoms with Crippen LogP contribution >= 0.6 is 0 Å². The summed E-state index contributed by atoms with van der Waals surface area (Å²) < 4.78 is 5.82. The third-order valence-electron chi connectivity index (χ3n) is 3.18. The molecule has 1 unspecified atom stereocenters. The second-order valence-corrected chi connectivity index (χ2v) is 5.41. The van der Waals surface area contributed by atoms with E-state index in [0.29, 0.717) is 12.5 Å². The Morgan fingerprint density at radius 2 is 2.11 bits per heavy atom. The van der Waals surface area contributed by atoms with Crippen LogP contribution in [0.2, 0.25) is 0 Å². The zero-order valence-corrected chi connectivity index (χ0v) is 12.9. The average Bonchev–Trinajstić information content (AvgIpc) is 2.39. The molecule has 0 fully saturated rings. The number of hydrogen-bond donors (Lipinski definition) is 1. The van der Waals surface area contributed by atoms with Crippen LogP contribution in [0.1, 0.15) is 52.6 Å². The highest BCUT2D eigenvalue weighted by molar-refractivity contribution is 5.07. The Balaban J connectivity index is 2.75. The van der Waals surface area contributed by atoms with E-state index in [4.69, 9.17) is 4.74 Å². The molecule has 0 aliphatic heterocycles. The number of rotatable bonds is 8. The highest BCUT2D eigenvalue weighted by Gasteiger charge is 2.28. The lowest BCUT2D eigenvalue weighted by Crippen LogP contribution is -2.29. The Kier molecular flexibility index (Phi) is 6.38. The predicted molar refractivity (Wildman–Crippen MR) is 77.8 cm³/mol. The van der Waals surface area contributed by atoms with Crippen molar-refractivity contribution in [2.24, 2.45) is 5.92 Å². The van der Waals surface area contributed by atoms with E-state index in [-0.39, 0.29) is 5.60 Å². The summed E-state index contributed by atoms with van der Waals surface area (Å²) >= 11 is 0. The zero-order valence-electron chi connectivity index (χ0n) is 12.9. The van der Waals surface area contributed by atoms with Gasteiger partial charge >= 0.3 is 0 Å². The van der Waals surface area contributed by atoms with E-state index < -0.39 is 0 Å². The van der Waals surface area contributed by atoms with E-state index in [0.717, 1.165) is 31.0 Å². The lowest BCUT2D eigenvalue weighted by atomic mass is 10.0. The van der Waals surface area contributed by atoms with Gasteiger partial charge in [-0.05, 0) is 38.8 Å². The van der Waals surface area contributed by atoms with Crippen LogP contribution < -0.4 is 5.32 Å². The Hall–Kier alpha value is -1.00. The molecule has 108 valence electrons. The summed E-state index contributed by atoms with van der Waals surface area (Å²) in [7, 11) is 0. The number of nitrogens with one attached hydrogen (secondary N) is 1. The minimum Gasteiger partial charge on any atom is -0.368 e. The van der Waals surface area contributed by atoms with Gasteiger partial charge in [-0.25, -0.2) is 9.97 Å². The first-order valence-corrected chi connectivity index (χ1v) is 7.19. The van der Waals surface area contributed by atoms with Crippen molar-refractivity contribution in [3.05, 3.63) is 23.8 Å². The van der Waals surface area contributed by atoms with Crippen LogP contribution in [0.15, 0.2) is 12.3 Å². The van der Waals surface area contributed by atoms with Crippen molar-refractivity contribution in [3.8, 4) is 0 Å².